The standard InChI is InChI=1S/C14H16N2OS/c1-16(2)14(17)11-5-3-6-12(9-11)15-10-13-7-4-8-18-13/h3-9,15H,10H2,1-2H3. The molecule has 0 unspecified atom stereocenters. The monoisotopic (exact) mass is 260 g/mol. The number of rotatable bonds is 4. The Labute approximate surface area is 111 Å². The van der Waals surface area contributed by atoms with Gasteiger partial charge in [0.1, 0.15) is 0 Å². The van der Waals surface area contributed by atoms with E-state index in [1.165, 1.54) is 4.88 Å². The molecule has 1 aromatic heterocycles. The molecular weight excluding hydrogens is 244 g/mol. The highest BCUT2D eigenvalue weighted by molar-refractivity contribution is 7.09. The summed E-state index contributed by atoms with van der Waals surface area (Å²) in [5, 5.41) is 5.38. The molecule has 3 nitrogen and oxygen atoms in total. The lowest BCUT2D eigenvalue weighted by atomic mass is 10.2. The Kier molecular flexibility index (Phi) is 3.99. The number of carbonyl (C=O) groups is 1. The van der Waals surface area contributed by atoms with E-state index in [9.17, 15) is 4.79 Å². The van der Waals surface area contributed by atoms with Crippen LogP contribution in [0.15, 0.2) is 41.8 Å². The molecule has 0 atom stereocenters. The van der Waals surface area contributed by atoms with Gasteiger partial charge in [0.15, 0.2) is 0 Å². The van der Waals surface area contributed by atoms with Gasteiger partial charge in [0, 0.05) is 36.8 Å². The molecule has 0 saturated carbocycles. The van der Waals surface area contributed by atoms with Crippen molar-refractivity contribution in [2.75, 3.05) is 19.4 Å². The van der Waals surface area contributed by atoms with Crippen molar-refractivity contribution < 1.29 is 4.79 Å². The lowest BCUT2D eigenvalue weighted by Gasteiger charge is -2.11. The number of amides is 1. The van der Waals surface area contributed by atoms with Crippen LogP contribution in [0, 0.1) is 0 Å². The summed E-state index contributed by atoms with van der Waals surface area (Å²) in [4.78, 5) is 14.7. The summed E-state index contributed by atoms with van der Waals surface area (Å²) in [5.74, 6) is 0.0229. The predicted octanol–water partition coefficient (Wildman–Crippen LogP) is 3.06. The summed E-state index contributed by atoms with van der Waals surface area (Å²) in [5.41, 5.74) is 1.67. The van der Waals surface area contributed by atoms with Crippen LogP contribution < -0.4 is 5.32 Å². The minimum absolute atomic E-state index is 0.0229. The number of hydrogen-bond acceptors (Lipinski definition) is 3. The molecule has 4 heteroatoms. The molecule has 0 bridgehead atoms. The summed E-state index contributed by atoms with van der Waals surface area (Å²) < 4.78 is 0. The van der Waals surface area contributed by atoms with Crippen molar-refractivity contribution in [1.29, 1.82) is 0 Å². The van der Waals surface area contributed by atoms with Crippen LogP contribution in [0.25, 0.3) is 0 Å². The molecule has 1 aromatic carbocycles. The van der Waals surface area contributed by atoms with Crippen LogP contribution in [0.1, 0.15) is 15.2 Å². The number of nitrogens with one attached hydrogen (secondary N) is 1. The molecule has 1 heterocycles. The van der Waals surface area contributed by atoms with Crippen molar-refractivity contribution in [3.63, 3.8) is 0 Å². The molecule has 1 N–H and O–H groups in total. The van der Waals surface area contributed by atoms with E-state index in [0.29, 0.717) is 5.56 Å². The number of anilines is 1. The highest BCUT2D eigenvalue weighted by atomic mass is 32.1. The van der Waals surface area contributed by atoms with Gasteiger partial charge in [-0.2, -0.15) is 0 Å². The number of nitrogens with zero attached hydrogens (tertiary/aromatic N) is 1. The van der Waals surface area contributed by atoms with E-state index >= 15 is 0 Å². The Hall–Kier alpha value is -1.81. The summed E-state index contributed by atoms with van der Waals surface area (Å²) in [6, 6.07) is 11.7. The van der Waals surface area contributed by atoms with Gasteiger partial charge in [-0.1, -0.05) is 12.1 Å². The highest BCUT2D eigenvalue weighted by Gasteiger charge is 2.07. The van der Waals surface area contributed by atoms with E-state index in [-0.39, 0.29) is 5.91 Å². The second kappa shape index (κ2) is 5.69. The minimum Gasteiger partial charge on any atom is -0.380 e. The Morgan fingerprint density at radius 2 is 2.11 bits per heavy atom. The SMILES string of the molecule is CN(C)C(=O)c1cccc(NCc2cccs2)c1. The van der Waals surface area contributed by atoms with Gasteiger partial charge in [0.2, 0.25) is 0 Å². The Morgan fingerprint density at radius 3 is 2.78 bits per heavy atom. The molecule has 0 saturated heterocycles. The lowest BCUT2D eigenvalue weighted by Crippen LogP contribution is -2.21. The zero-order valence-electron chi connectivity index (χ0n) is 10.5. The third-order valence-electron chi connectivity index (χ3n) is 2.56. The van der Waals surface area contributed by atoms with Gasteiger partial charge in [-0.05, 0) is 29.6 Å². The maximum atomic E-state index is 11.8. The van der Waals surface area contributed by atoms with Gasteiger partial charge >= 0.3 is 0 Å². The summed E-state index contributed by atoms with van der Waals surface area (Å²) in [7, 11) is 3.52. The van der Waals surface area contributed by atoms with Gasteiger partial charge in [-0.15, -0.1) is 11.3 Å². The van der Waals surface area contributed by atoms with E-state index in [1.54, 1.807) is 30.3 Å². The smallest absolute Gasteiger partial charge is 0.253 e. The average Bonchev–Trinajstić information content (AvgIpc) is 2.89. The molecule has 0 aliphatic rings. The summed E-state index contributed by atoms with van der Waals surface area (Å²) >= 11 is 1.72. The van der Waals surface area contributed by atoms with Crippen LogP contribution in [-0.2, 0) is 6.54 Å². The molecule has 0 radical (unpaired) electrons. The molecule has 1 amide bonds. The summed E-state index contributed by atoms with van der Waals surface area (Å²) in [6.45, 7) is 0.789. The van der Waals surface area contributed by atoms with Gasteiger partial charge in [0.25, 0.3) is 5.91 Å². The van der Waals surface area contributed by atoms with Crippen LogP contribution in [0.4, 0.5) is 5.69 Å². The second-order valence-electron chi connectivity index (χ2n) is 4.21. The van der Waals surface area contributed by atoms with E-state index in [0.717, 1.165) is 12.2 Å². The maximum absolute atomic E-state index is 11.8. The molecule has 18 heavy (non-hydrogen) atoms. The minimum atomic E-state index is 0.0229. The van der Waals surface area contributed by atoms with E-state index in [1.807, 2.05) is 30.3 Å². The number of benzene rings is 1. The zero-order chi connectivity index (χ0) is 13.0. The predicted molar refractivity (Wildman–Crippen MR) is 76.1 cm³/mol. The van der Waals surface area contributed by atoms with E-state index in [2.05, 4.69) is 16.8 Å². The van der Waals surface area contributed by atoms with Crippen LogP contribution in [-0.4, -0.2) is 24.9 Å². The van der Waals surface area contributed by atoms with Crippen molar-refractivity contribution in [2.45, 2.75) is 6.54 Å². The lowest BCUT2D eigenvalue weighted by molar-refractivity contribution is 0.0827. The first-order valence-electron chi connectivity index (χ1n) is 5.75. The third-order valence-corrected chi connectivity index (χ3v) is 3.44. The van der Waals surface area contributed by atoms with Crippen LogP contribution in [0.3, 0.4) is 0 Å². The fourth-order valence-corrected chi connectivity index (χ4v) is 2.27. The normalized spacial score (nSPS) is 10.1. The quantitative estimate of drug-likeness (QED) is 0.916. The van der Waals surface area contributed by atoms with Gasteiger partial charge in [0.05, 0.1) is 0 Å². The number of hydrogen-bond donors (Lipinski definition) is 1. The topological polar surface area (TPSA) is 32.3 Å². The molecule has 2 rings (SSSR count). The number of thiophene rings is 1. The van der Waals surface area contributed by atoms with Gasteiger partial charge < -0.3 is 10.2 Å². The van der Waals surface area contributed by atoms with Crippen LogP contribution in [0.2, 0.25) is 0 Å². The Morgan fingerprint density at radius 1 is 1.28 bits per heavy atom. The average molecular weight is 260 g/mol. The van der Waals surface area contributed by atoms with Crippen LogP contribution >= 0.6 is 11.3 Å². The molecule has 0 aliphatic heterocycles. The highest BCUT2D eigenvalue weighted by Crippen LogP contribution is 2.15. The summed E-state index contributed by atoms with van der Waals surface area (Å²) in [6.07, 6.45) is 0. The van der Waals surface area contributed by atoms with Crippen molar-refractivity contribution in [2.24, 2.45) is 0 Å². The van der Waals surface area contributed by atoms with Gasteiger partial charge in [-0.3, -0.25) is 4.79 Å². The van der Waals surface area contributed by atoms with Gasteiger partial charge in [-0.25, -0.2) is 0 Å². The first-order valence-corrected chi connectivity index (χ1v) is 6.63. The van der Waals surface area contributed by atoms with E-state index < -0.39 is 0 Å². The Bertz CT molecular complexity index is 520. The maximum Gasteiger partial charge on any atom is 0.253 e. The number of carbonyl (C=O) groups excluding carboxylic acids is 1. The molecule has 0 fully saturated rings. The van der Waals surface area contributed by atoms with Crippen molar-refractivity contribution in [3.8, 4) is 0 Å². The largest absolute Gasteiger partial charge is 0.380 e. The second-order valence-corrected chi connectivity index (χ2v) is 5.25. The fraction of sp³-hybridized carbons (Fsp3) is 0.214. The van der Waals surface area contributed by atoms with Crippen LogP contribution in [0.5, 0.6) is 0 Å². The van der Waals surface area contributed by atoms with Crippen molar-refractivity contribution in [1.82, 2.24) is 4.90 Å². The third kappa shape index (κ3) is 3.11. The molecule has 0 spiro atoms. The first kappa shape index (κ1) is 12.6. The fourth-order valence-electron chi connectivity index (χ4n) is 1.62. The Balaban J connectivity index is 2.05. The molecular formula is C14H16N2OS. The molecule has 0 aliphatic carbocycles. The van der Waals surface area contributed by atoms with E-state index in [4.69, 9.17) is 0 Å². The van der Waals surface area contributed by atoms with Crippen molar-refractivity contribution in [3.05, 3.63) is 52.2 Å². The molecule has 94 valence electrons. The van der Waals surface area contributed by atoms with Crippen molar-refractivity contribution >= 4 is 22.9 Å². The first-order chi connectivity index (χ1) is 8.66. The zero-order valence-corrected chi connectivity index (χ0v) is 11.3. The molecule has 2 aromatic rings.